The van der Waals surface area contributed by atoms with E-state index in [1.54, 1.807) is 6.20 Å². The van der Waals surface area contributed by atoms with Crippen LogP contribution in [0.4, 0.5) is 11.8 Å². The largest absolute Gasteiger partial charge is 0.369 e. The monoisotopic (exact) mass is 251 g/mol. The number of aromatic nitrogens is 2. The second-order valence-electron chi connectivity index (χ2n) is 4.80. The lowest BCUT2D eigenvalue weighted by molar-refractivity contribution is 0.261. The van der Waals surface area contributed by atoms with Gasteiger partial charge in [0.15, 0.2) is 0 Å². The molecule has 5 heteroatoms. The fraction of sp³-hybridized carbons (Fsp3) is 0.692. The highest BCUT2D eigenvalue weighted by atomic mass is 15.2. The Morgan fingerprint density at radius 3 is 2.67 bits per heavy atom. The number of anilines is 2. The molecule has 1 atom stereocenters. The molecule has 0 aliphatic rings. The molecule has 1 aromatic heterocycles. The lowest BCUT2D eigenvalue weighted by atomic mass is 10.2. The summed E-state index contributed by atoms with van der Waals surface area (Å²) >= 11 is 0. The van der Waals surface area contributed by atoms with Crippen molar-refractivity contribution in [3.63, 3.8) is 0 Å². The van der Waals surface area contributed by atoms with E-state index in [1.807, 2.05) is 25.1 Å². The number of hydrogen-bond donors (Lipinski definition) is 1. The number of nitrogens with zero attached hydrogens (tertiary/aromatic N) is 4. The molecule has 1 rings (SSSR count). The Morgan fingerprint density at radius 2 is 2.06 bits per heavy atom. The third kappa shape index (κ3) is 4.49. The van der Waals surface area contributed by atoms with Crippen molar-refractivity contribution in [2.75, 3.05) is 44.4 Å². The average Bonchev–Trinajstić information content (AvgIpc) is 2.38. The molecule has 1 heterocycles. The first-order chi connectivity index (χ1) is 8.54. The number of likely N-dealkylation sites (N-methyl/N-ethyl adjacent to an activating group) is 1. The van der Waals surface area contributed by atoms with Crippen molar-refractivity contribution >= 4 is 11.8 Å². The lowest BCUT2D eigenvalue weighted by Crippen LogP contribution is -2.32. The molecule has 0 fully saturated rings. The Kier molecular flexibility index (Phi) is 5.85. The Balaban J connectivity index is 2.42. The first-order valence-electron chi connectivity index (χ1n) is 6.49. The fourth-order valence-electron chi connectivity index (χ4n) is 1.55. The zero-order valence-corrected chi connectivity index (χ0v) is 12.1. The molecule has 0 saturated heterocycles. The van der Waals surface area contributed by atoms with Gasteiger partial charge in [0.1, 0.15) is 5.82 Å². The molecule has 0 aliphatic carbocycles. The third-order valence-corrected chi connectivity index (χ3v) is 3.16. The van der Waals surface area contributed by atoms with Gasteiger partial charge in [-0.3, -0.25) is 0 Å². The molecule has 0 saturated carbocycles. The molecular weight excluding hydrogens is 226 g/mol. The van der Waals surface area contributed by atoms with Crippen LogP contribution < -0.4 is 10.2 Å². The molecule has 0 amide bonds. The van der Waals surface area contributed by atoms with Gasteiger partial charge in [0, 0.05) is 39.4 Å². The third-order valence-electron chi connectivity index (χ3n) is 3.16. The second-order valence-corrected chi connectivity index (χ2v) is 4.80. The summed E-state index contributed by atoms with van der Waals surface area (Å²) in [6.07, 6.45) is 2.96. The SMILES string of the molecule is CCC(C)N(C)CCNc1ccnc(N(C)C)n1. The molecule has 0 spiro atoms. The summed E-state index contributed by atoms with van der Waals surface area (Å²) in [5.74, 6) is 1.61. The minimum absolute atomic E-state index is 0.620. The Hall–Kier alpha value is -1.36. The van der Waals surface area contributed by atoms with Crippen LogP contribution in [0.3, 0.4) is 0 Å². The lowest BCUT2D eigenvalue weighted by Gasteiger charge is -2.23. The van der Waals surface area contributed by atoms with Gasteiger partial charge in [-0.15, -0.1) is 0 Å². The number of nitrogens with one attached hydrogen (secondary N) is 1. The van der Waals surface area contributed by atoms with Gasteiger partial charge < -0.3 is 15.1 Å². The topological polar surface area (TPSA) is 44.3 Å². The highest BCUT2D eigenvalue weighted by Crippen LogP contribution is 2.07. The summed E-state index contributed by atoms with van der Waals surface area (Å²) in [5.41, 5.74) is 0. The highest BCUT2D eigenvalue weighted by Gasteiger charge is 2.06. The van der Waals surface area contributed by atoms with E-state index in [1.165, 1.54) is 6.42 Å². The van der Waals surface area contributed by atoms with E-state index in [-0.39, 0.29) is 0 Å². The first kappa shape index (κ1) is 14.7. The van der Waals surface area contributed by atoms with Gasteiger partial charge in [0.25, 0.3) is 0 Å². The molecule has 1 aromatic rings. The van der Waals surface area contributed by atoms with E-state index >= 15 is 0 Å². The smallest absolute Gasteiger partial charge is 0.226 e. The van der Waals surface area contributed by atoms with Crippen LogP contribution in [0, 0.1) is 0 Å². The van der Waals surface area contributed by atoms with Crippen LogP contribution >= 0.6 is 0 Å². The van der Waals surface area contributed by atoms with E-state index in [9.17, 15) is 0 Å². The van der Waals surface area contributed by atoms with E-state index in [0.29, 0.717) is 6.04 Å². The van der Waals surface area contributed by atoms with Crippen LogP contribution in [-0.2, 0) is 0 Å². The van der Waals surface area contributed by atoms with Crippen molar-refractivity contribution in [3.8, 4) is 0 Å². The standard InChI is InChI=1S/C13H25N5/c1-6-11(2)18(5)10-9-14-12-7-8-15-13(16-12)17(3)4/h7-8,11H,6,9-10H2,1-5H3,(H,14,15,16). The summed E-state index contributed by atoms with van der Waals surface area (Å²) in [4.78, 5) is 12.9. The van der Waals surface area contributed by atoms with Crippen molar-refractivity contribution < 1.29 is 0 Å². The van der Waals surface area contributed by atoms with Crippen LogP contribution in [0.1, 0.15) is 20.3 Å². The molecule has 0 aromatic carbocycles. The van der Waals surface area contributed by atoms with Crippen molar-refractivity contribution in [1.82, 2.24) is 14.9 Å². The summed E-state index contributed by atoms with van der Waals surface area (Å²) in [7, 11) is 6.03. The van der Waals surface area contributed by atoms with Gasteiger partial charge in [-0.1, -0.05) is 6.92 Å². The van der Waals surface area contributed by atoms with Gasteiger partial charge >= 0.3 is 0 Å². The molecule has 0 radical (unpaired) electrons. The van der Waals surface area contributed by atoms with Crippen LogP contribution in [0.25, 0.3) is 0 Å². The van der Waals surface area contributed by atoms with Crippen LogP contribution in [0.5, 0.6) is 0 Å². The van der Waals surface area contributed by atoms with Gasteiger partial charge in [-0.25, -0.2) is 4.98 Å². The molecule has 0 bridgehead atoms. The van der Waals surface area contributed by atoms with Gasteiger partial charge in [0.05, 0.1) is 0 Å². The summed E-state index contributed by atoms with van der Waals surface area (Å²) in [6, 6.07) is 2.52. The average molecular weight is 251 g/mol. The predicted molar refractivity (Wildman–Crippen MR) is 77.2 cm³/mol. The molecular formula is C13H25N5. The zero-order valence-electron chi connectivity index (χ0n) is 12.1. The van der Waals surface area contributed by atoms with Crippen molar-refractivity contribution in [2.45, 2.75) is 26.3 Å². The van der Waals surface area contributed by atoms with E-state index < -0.39 is 0 Å². The summed E-state index contributed by atoms with van der Waals surface area (Å²) in [6.45, 7) is 6.36. The van der Waals surface area contributed by atoms with E-state index in [0.717, 1.165) is 24.9 Å². The fourth-order valence-corrected chi connectivity index (χ4v) is 1.55. The zero-order chi connectivity index (χ0) is 13.5. The normalized spacial score (nSPS) is 12.6. The Bertz CT molecular complexity index is 353. The summed E-state index contributed by atoms with van der Waals surface area (Å²) < 4.78 is 0. The van der Waals surface area contributed by atoms with E-state index in [4.69, 9.17) is 0 Å². The highest BCUT2D eigenvalue weighted by molar-refractivity contribution is 5.40. The maximum Gasteiger partial charge on any atom is 0.226 e. The van der Waals surface area contributed by atoms with Gasteiger partial charge in [-0.2, -0.15) is 4.98 Å². The van der Waals surface area contributed by atoms with E-state index in [2.05, 4.69) is 41.1 Å². The molecule has 1 N–H and O–H groups in total. The van der Waals surface area contributed by atoms with Crippen molar-refractivity contribution in [2.24, 2.45) is 0 Å². The second kappa shape index (κ2) is 7.16. The molecule has 18 heavy (non-hydrogen) atoms. The number of hydrogen-bond acceptors (Lipinski definition) is 5. The van der Waals surface area contributed by atoms with Crippen LogP contribution in [0.2, 0.25) is 0 Å². The molecule has 1 unspecified atom stereocenters. The van der Waals surface area contributed by atoms with Crippen LogP contribution in [0.15, 0.2) is 12.3 Å². The van der Waals surface area contributed by atoms with Crippen molar-refractivity contribution in [1.29, 1.82) is 0 Å². The maximum atomic E-state index is 4.42. The van der Waals surface area contributed by atoms with Crippen LogP contribution in [-0.4, -0.2) is 55.1 Å². The van der Waals surface area contributed by atoms with Crippen molar-refractivity contribution in [3.05, 3.63) is 12.3 Å². The molecule has 5 nitrogen and oxygen atoms in total. The molecule has 102 valence electrons. The minimum Gasteiger partial charge on any atom is -0.369 e. The maximum absolute atomic E-state index is 4.42. The first-order valence-corrected chi connectivity index (χ1v) is 6.49. The van der Waals surface area contributed by atoms with Gasteiger partial charge in [0.2, 0.25) is 5.95 Å². The predicted octanol–water partition coefficient (Wildman–Crippen LogP) is 1.68. The Morgan fingerprint density at radius 1 is 1.33 bits per heavy atom. The quantitative estimate of drug-likeness (QED) is 0.799. The number of rotatable bonds is 7. The molecule has 0 aliphatic heterocycles. The van der Waals surface area contributed by atoms with Gasteiger partial charge in [-0.05, 0) is 26.5 Å². The minimum atomic E-state index is 0.620. The summed E-state index contributed by atoms with van der Waals surface area (Å²) in [5, 5.41) is 3.33. The Labute approximate surface area is 110 Å².